The molecule has 0 radical (unpaired) electrons. The Labute approximate surface area is 122 Å². The van der Waals surface area contributed by atoms with E-state index in [4.69, 9.17) is 5.11 Å². The largest absolute Gasteiger partial charge is 0.481 e. The fourth-order valence-electron chi connectivity index (χ4n) is 2.10. The Morgan fingerprint density at radius 1 is 1.43 bits per heavy atom. The number of rotatable bonds is 5. The molecule has 2 rings (SSSR count). The van der Waals surface area contributed by atoms with Gasteiger partial charge in [0.05, 0.1) is 17.0 Å². The first-order valence-corrected chi connectivity index (χ1v) is 6.73. The smallest absolute Gasteiger partial charge is 0.303 e. The molecule has 1 atom stereocenters. The van der Waals surface area contributed by atoms with E-state index in [0.29, 0.717) is 23.3 Å². The van der Waals surface area contributed by atoms with Gasteiger partial charge in [0.15, 0.2) is 5.65 Å². The molecule has 112 valence electrons. The van der Waals surface area contributed by atoms with Gasteiger partial charge in [-0.25, -0.2) is 9.50 Å². The number of fused-ring (bicyclic) bond motifs is 1. The lowest BCUT2D eigenvalue weighted by Crippen LogP contribution is -2.33. The van der Waals surface area contributed by atoms with Crippen molar-refractivity contribution in [2.45, 2.75) is 39.7 Å². The van der Waals surface area contributed by atoms with Gasteiger partial charge >= 0.3 is 5.97 Å². The number of nitrogens with one attached hydrogen (secondary N) is 1. The van der Waals surface area contributed by atoms with Crippen LogP contribution in [0.25, 0.3) is 5.65 Å². The highest BCUT2D eigenvalue weighted by Crippen LogP contribution is 2.11. The van der Waals surface area contributed by atoms with Crippen molar-refractivity contribution in [3.63, 3.8) is 0 Å². The first kappa shape index (κ1) is 15.0. The van der Waals surface area contributed by atoms with Gasteiger partial charge in [-0.15, -0.1) is 0 Å². The average Bonchev–Trinajstić information content (AvgIpc) is 2.78. The van der Waals surface area contributed by atoms with E-state index in [-0.39, 0.29) is 18.4 Å². The Bertz CT molecular complexity index is 693. The van der Waals surface area contributed by atoms with Crippen LogP contribution in [0.4, 0.5) is 0 Å². The molecule has 2 N–H and O–H groups in total. The highest BCUT2D eigenvalue weighted by atomic mass is 16.4. The summed E-state index contributed by atoms with van der Waals surface area (Å²) in [6.45, 7) is 5.44. The molecule has 0 aliphatic heterocycles. The molecule has 1 amide bonds. The summed E-state index contributed by atoms with van der Waals surface area (Å²) in [5.41, 5.74) is 2.67. The third-order valence-electron chi connectivity index (χ3n) is 3.26. The Balaban J connectivity index is 2.15. The summed E-state index contributed by atoms with van der Waals surface area (Å²) in [6.07, 6.45) is 1.93. The molecule has 0 spiro atoms. The second kappa shape index (κ2) is 5.90. The third kappa shape index (κ3) is 3.36. The number of aryl methyl sites for hydroxylation is 2. The van der Waals surface area contributed by atoms with Crippen LogP contribution in [-0.4, -0.2) is 37.6 Å². The van der Waals surface area contributed by atoms with E-state index in [1.54, 1.807) is 18.4 Å². The molecule has 7 nitrogen and oxygen atoms in total. The number of carbonyl (C=O) groups excluding carboxylic acids is 1. The van der Waals surface area contributed by atoms with Gasteiger partial charge in [-0.3, -0.25) is 9.59 Å². The maximum atomic E-state index is 12.2. The lowest BCUT2D eigenvalue weighted by atomic mass is 10.1. The van der Waals surface area contributed by atoms with Gasteiger partial charge in [0.1, 0.15) is 0 Å². The average molecular weight is 290 g/mol. The van der Waals surface area contributed by atoms with Crippen LogP contribution in [0.1, 0.15) is 41.5 Å². The molecular weight excluding hydrogens is 272 g/mol. The summed E-state index contributed by atoms with van der Waals surface area (Å²) < 4.78 is 1.63. The van der Waals surface area contributed by atoms with Crippen LogP contribution in [0.5, 0.6) is 0 Å². The van der Waals surface area contributed by atoms with Crippen molar-refractivity contribution < 1.29 is 14.7 Å². The van der Waals surface area contributed by atoms with Crippen molar-refractivity contribution in [2.75, 3.05) is 0 Å². The van der Waals surface area contributed by atoms with Gasteiger partial charge < -0.3 is 10.4 Å². The number of aromatic nitrogens is 3. The van der Waals surface area contributed by atoms with Gasteiger partial charge in [-0.05, 0) is 27.2 Å². The monoisotopic (exact) mass is 290 g/mol. The SMILES string of the molecule is Cc1cc2ncc(C(=O)NC(C)CCC(=O)O)c(C)n2n1. The second-order valence-electron chi connectivity index (χ2n) is 5.12. The Hall–Kier alpha value is -2.44. The quantitative estimate of drug-likeness (QED) is 0.866. The van der Waals surface area contributed by atoms with Gasteiger partial charge in [-0.1, -0.05) is 0 Å². The predicted octanol–water partition coefficient (Wildman–Crippen LogP) is 1.33. The number of amides is 1. The van der Waals surface area contributed by atoms with Gasteiger partial charge in [0.25, 0.3) is 5.91 Å². The lowest BCUT2D eigenvalue weighted by molar-refractivity contribution is -0.137. The molecule has 0 aliphatic carbocycles. The van der Waals surface area contributed by atoms with E-state index in [1.807, 2.05) is 13.0 Å². The number of hydrogen-bond acceptors (Lipinski definition) is 4. The van der Waals surface area contributed by atoms with Crippen LogP contribution >= 0.6 is 0 Å². The molecule has 21 heavy (non-hydrogen) atoms. The Kier molecular flexibility index (Phi) is 4.21. The van der Waals surface area contributed by atoms with E-state index in [1.165, 1.54) is 6.20 Å². The number of hydrogen-bond donors (Lipinski definition) is 2. The Morgan fingerprint density at radius 3 is 2.81 bits per heavy atom. The number of carbonyl (C=O) groups is 2. The van der Waals surface area contributed by atoms with E-state index in [0.717, 1.165) is 5.69 Å². The molecule has 0 saturated heterocycles. The number of carboxylic acids is 1. The van der Waals surface area contributed by atoms with E-state index in [2.05, 4.69) is 15.4 Å². The fourth-order valence-corrected chi connectivity index (χ4v) is 2.10. The molecule has 0 bridgehead atoms. The summed E-state index contributed by atoms with van der Waals surface area (Å²) in [7, 11) is 0. The van der Waals surface area contributed by atoms with Crippen molar-refractivity contribution in [3.05, 3.63) is 29.2 Å². The predicted molar refractivity (Wildman–Crippen MR) is 76.3 cm³/mol. The highest BCUT2D eigenvalue weighted by Gasteiger charge is 2.16. The molecule has 0 fully saturated rings. The molecule has 0 aliphatic rings. The van der Waals surface area contributed by atoms with Crippen molar-refractivity contribution in [2.24, 2.45) is 0 Å². The van der Waals surface area contributed by atoms with Gasteiger partial charge in [0, 0.05) is 24.7 Å². The van der Waals surface area contributed by atoms with Crippen LogP contribution in [0.15, 0.2) is 12.3 Å². The number of nitrogens with zero attached hydrogens (tertiary/aromatic N) is 3. The molecule has 7 heteroatoms. The van der Waals surface area contributed by atoms with Gasteiger partial charge in [0.2, 0.25) is 0 Å². The zero-order valence-electron chi connectivity index (χ0n) is 12.3. The fraction of sp³-hybridized carbons (Fsp3) is 0.429. The molecule has 0 aromatic carbocycles. The molecule has 2 heterocycles. The van der Waals surface area contributed by atoms with Crippen molar-refractivity contribution in [3.8, 4) is 0 Å². The molecular formula is C14H18N4O3. The standard InChI is InChI=1S/C14H18N4O3/c1-8(4-5-13(19)20)16-14(21)11-7-15-12-6-9(2)17-18(12)10(11)3/h6-8H,4-5H2,1-3H3,(H,16,21)(H,19,20). The van der Waals surface area contributed by atoms with Gasteiger partial charge in [-0.2, -0.15) is 5.10 Å². The van der Waals surface area contributed by atoms with Crippen LogP contribution in [0, 0.1) is 13.8 Å². The maximum Gasteiger partial charge on any atom is 0.303 e. The Morgan fingerprint density at radius 2 is 2.14 bits per heavy atom. The third-order valence-corrected chi connectivity index (χ3v) is 3.26. The maximum absolute atomic E-state index is 12.2. The first-order valence-electron chi connectivity index (χ1n) is 6.73. The van der Waals surface area contributed by atoms with Crippen molar-refractivity contribution in [1.29, 1.82) is 0 Å². The van der Waals surface area contributed by atoms with E-state index < -0.39 is 5.97 Å². The van der Waals surface area contributed by atoms with Crippen LogP contribution in [0.2, 0.25) is 0 Å². The molecule has 1 unspecified atom stereocenters. The van der Waals surface area contributed by atoms with E-state index >= 15 is 0 Å². The molecule has 2 aromatic rings. The second-order valence-corrected chi connectivity index (χ2v) is 5.12. The van der Waals surface area contributed by atoms with Crippen LogP contribution < -0.4 is 5.32 Å². The minimum atomic E-state index is -0.873. The van der Waals surface area contributed by atoms with E-state index in [9.17, 15) is 9.59 Å². The number of aliphatic carboxylic acids is 1. The first-order chi connectivity index (χ1) is 9.88. The lowest BCUT2D eigenvalue weighted by Gasteiger charge is -2.14. The topological polar surface area (TPSA) is 96.6 Å². The van der Waals surface area contributed by atoms with Crippen molar-refractivity contribution in [1.82, 2.24) is 19.9 Å². The molecule has 0 saturated carbocycles. The zero-order chi connectivity index (χ0) is 15.6. The molecule has 2 aromatic heterocycles. The number of carboxylic acid groups (broad SMARTS) is 1. The summed E-state index contributed by atoms with van der Waals surface area (Å²) in [4.78, 5) is 27.0. The normalized spacial score (nSPS) is 12.3. The summed E-state index contributed by atoms with van der Waals surface area (Å²) in [5, 5.41) is 15.7. The van der Waals surface area contributed by atoms with Crippen LogP contribution in [0.3, 0.4) is 0 Å². The van der Waals surface area contributed by atoms with Crippen LogP contribution in [-0.2, 0) is 4.79 Å². The van der Waals surface area contributed by atoms with Crippen molar-refractivity contribution >= 4 is 17.5 Å². The minimum Gasteiger partial charge on any atom is -0.481 e. The summed E-state index contributed by atoms with van der Waals surface area (Å²) in [5.74, 6) is -1.14. The summed E-state index contributed by atoms with van der Waals surface area (Å²) >= 11 is 0. The minimum absolute atomic E-state index is 0.0239. The summed E-state index contributed by atoms with van der Waals surface area (Å²) in [6, 6.07) is 1.62. The zero-order valence-corrected chi connectivity index (χ0v) is 12.3. The highest BCUT2D eigenvalue weighted by molar-refractivity contribution is 5.95.